The molecule has 0 atom stereocenters. The van der Waals surface area contributed by atoms with Crippen molar-refractivity contribution in [1.82, 2.24) is 19.9 Å². The van der Waals surface area contributed by atoms with Crippen LogP contribution in [-0.2, 0) is 29.6 Å². The van der Waals surface area contributed by atoms with Crippen molar-refractivity contribution >= 4 is 80.5 Å². The van der Waals surface area contributed by atoms with E-state index in [1.807, 2.05) is 0 Å². The molecule has 11 rings (SSSR count). The van der Waals surface area contributed by atoms with Gasteiger partial charge in [-0.1, -0.05) is 172 Å². The molecule has 7 heteroatoms. The average molecular weight is 1080 g/mol. The van der Waals surface area contributed by atoms with Crippen molar-refractivity contribution in [3.63, 3.8) is 0 Å². The van der Waals surface area contributed by atoms with Gasteiger partial charge in [-0.2, -0.15) is 0 Å². The Bertz CT molecular complexity index is 3430. The molecule has 0 saturated carbocycles. The Morgan fingerprint density at radius 2 is 0.595 bits per heavy atom. The van der Waals surface area contributed by atoms with Gasteiger partial charge in [-0.05, 0) is 184 Å². The smallest absolute Gasteiger partial charge is 0.657 e. The average Bonchev–Trinajstić information content (AvgIpc) is 4.35. The van der Waals surface area contributed by atoms with Crippen LogP contribution < -0.4 is 19.8 Å². The van der Waals surface area contributed by atoms with E-state index in [4.69, 9.17) is 19.9 Å². The Labute approximate surface area is 478 Å². The molecule has 1 radical (unpaired) electrons. The minimum atomic E-state index is 0. The maximum atomic E-state index is 5.58. The number of benzene rings is 6. The van der Waals surface area contributed by atoms with Crippen molar-refractivity contribution < 1.29 is 16.8 Å². The molecule has 79 heavy (non-hydrogen) atoms. The van der Waals surface area contributed by atoms with Crippen molar-refractivity contribution in [3.05, 3.63) is 226 Å². The van der Waals surface area contributed by atoms with Crippen LogP contribution in [0.25, 0.3) is 68.6 Å². The van der Waals surface area contributed by atoms with E-state index in [-0.39, 0.29) is 16.8 Å². The Hall–Kier alpha value is -7.97. The molecule has 0 amide bonds. The third-order valence-corrected chi connectivity index (χ3v) is 15.4. The fourth-order valence-corrected chi connectivity index (χ4v) is 11.0. The maximum absolute atomic E-state index is 5.58. The minimum Gasteiger partial charge on any atom is -0.657 e. The van der Waals surface area contributed by atoms with Crippen molar-refractivity contribution in [1.29, 1.82) is 0 Å². The summed E-state index contributed by atoms with van der Waals surface area (Å²) in [4.78, 5) is 27.0. The molecule has 3 aromatic heterocycles. The van der Waals surface area contributed by atoms with E-state index in [2.05, 4.69) is 246 Å². The van der Waals surface area contributed by atoms with E-state index in [9.17, 15) is 0 Å². The molecular weight excluding hydrogens is 1010 g/mol. The number of anilines is 6. The normalized spacial score (nSPS) is 11.7. The summed E-state index contributed by atoms with van der Waals surface area (Å²) < 4.78 is 0. The number of aromatic nitrogens is 4. The molecule has 0 N–H and O–H groups in total. The predicted molar refractivity (Wildman–Crippen MR) is 332 cm³/mol. The van der Waals surface area contributed by atoms with E-state index in [1.165, 1.54) is 47.9 Å². The zero-order valence-corrected chi connectivity index (χ0v) is 47.6. The fourth-order valence-electron chi connectivity index (χ4n) is 11.0. The van der Waals surface area contributed by atoms with Gasteiger partial charge >= 0.3 is 16.8 Å². The van der Waals surface area contributed by atoms with Gasteiger partial charge in [0.1, 0.15) is 0 Å². The van der Waals surface area contributed by atoms with Crippen LogP contribution >= 0.6 is 0 Å². The number of nitrogens with zero attached hydrogens (tertiary/aromatic N) is 6. The second-order valence-corrected chi connectivity index (χ2v) is 21.3. The molecule has 397 valence electrons. The van der Waals surface area contributed by atoms with Crippen molar-refractivity contribution in [2.24, 2.45) is 0 Å². The SMILES string of the molecule is CCCCCCc1c2nc(c(-c3ccc(N(c4ccc(C)cc4)c4ccc(C)cc4)cc3)c3ccc([n-]3)c(CCCCCC)c3nc(c(-c4ccc(N(c5ccc(C)cc5)c5ccc(C)cc5)cc4)c4ccc1[n-]4)C=C3)C=C2.[Co+2]. The maximum Gasteiger partial charge on any atom is 2.00 e. The number of hydrogen-bond acceptors (Lipinski definition) is 4. The third kappa shape index (κ3) is 12.0. The summed E-state index contributed by atoms with van der Waals surface area (Å²) in [5.74, 6) is 0. The van der Waals surface area contributed by atoms with Crippen LogP contribution in [0.1, 0.15) is 121 Å². The van der Waals surface area contributed by atoms with Crippen LogP contribution in [-0.4, -0.2) is 9.97 Å². The Morgan fingerprint density at radius 3 is 0.899 bits per heavy atom. The summed E-state index contributed by atoms with van der Waals surface area (Å²) in [6.45, 7) is 13.1. The quantitative estimate of drug-likeness (QED) is 0.0798. The van der Waals surface area contributed by atoms with E-state index in [1.54, 1.807) is 0 Å². The molecule has 5 heterocycles. The molecule has 0 saturated heterocycles. The zero-order chi connectivity index (χ0) is 53.5. The summed E-state index contributed by atoms with van der Waals surface area (Å²) in [6, 6.07) is 61.8. The van der Waals surface area contributed by atoms with Gasteiger partial charge in [-0.25, -0.2) is 9.97 Å². The van der Waals surface area contributed by atoms with E-state index < -0.39 is 0 Å². The van der Waals surface area contributed by atoms with E-state index >= 15 is 0 Å². The number of aryl methyl sites for hydroxylation is 6. The van der Waals surface area contributed by atoms with Gasteiger partial charge in [-0.15, -0.1) is 22.1 Å². The van der Waals surface area contributed by atoms with E-state index in [0.717, 1.165) is 151 Å². The molecular formula is C72H70CoN6. The van der Waals surface area contributed by atoms with Crippen molar-refractivity contribution in [2.45, 2.75) is 106 Å². The zero-order valence-electron chi connectivity index (χ0n) is 46.6. The molecule has 0 unspecified atom stereocenters. The van der Waals surface area contributed by atoms with Crippen molar-refractivity contribution in [2.75, 3.05) is 9.80 Å². The summed E-state index contributed by atoms with van der Waals surface area (Å²) in [5.41, 5.74) is 25.4. The summed E-state index contributed by atoms with van der Waals surface area (Å²) >= 11 is 0. The van der Waals surface area contributed by atoms with Crippen LogP contribution in [0.15, 0.2) is 170 Å². The van der Waals surface area contributed by atoms with Gasteiger partial charge in [0.15, 0.2) is 0 Å². The first-order valence-electron chi connectivity index (χ1n) is 28.3. The van der Waals surface area contributed by atoms with Crippen LogP contribution in [0.5, 0.6) is 0 Å². The first-order chi connectivity index (χ1) is 38.2. The summed E-state index contributed by atoms with van der Waals surface area (Å²) in [7, 11) is 0. The molecule has 0 fully saturated rings. The Balaban J connectivity index is 0.00000704. The molecule has 2 aliphatic rings. The fraction of sp³-hybridized carbons (Fsp3) is 0.222. The Morgan fingerprint density at radius 1 is 0.316 bits per heavy atom. The first-order valence-corrected chi connectivity index (χ1v) is 28.3. The third-order valence-electron chi connectivity index (χ3n) is 15.4. The monoisotopic (exact) mass is 1080 g/mol. The van der Waals surface area contributed by atoms with Gasteiger partial charge in [0, 0.05) is 34.1 Å². The molecule has 6 aromatic carbocycles. The number of fused-ring (bicyclic) bond motifs is 8. The van der Waals surface area contributed by atoms with Gasteiger partial charge < -0.3 is 19.8 Å². The molecule has 6 nitrogen and oxygen atoms in total. The van der Waals surface area contributed by atoms with Gasteiger partial charge in [0.25, 0.3) is 0 Å². The van der Waals surface area contributed by atoms with Gasteiger partial charge in [-0.3, -0.25) is 0 Å². The standard InChI is InChI=1S/C72H70N6.Co/c1-7-9-11-13-15-61-63-41-45-67(73-63)71(53-25-37-59(38-26-53)77(55-29-17-49(3)18-30-55)56-31-19-50(4)20-32-56)69-47-43-65(75-69)62(16-14-12-10-8-2)66-44-48-70(76-66)72(68-46-42-64(61)74-68)54-27-39-60(40-28-54)78(57-33-21-51(5)22-34-57)58-35-23-52(6)24-36-58;/h17-48H,7-16H2,1-6H3;/q-2;+2. The van der Waals surface area contributed by atoms with Gasteiger partial charge in [0.05, 0.1) is 22.8 Å². The summed E-state index contributed by atoms with van der Waals surface area (Å²) in [6.07, 6.45) is 19.7. The predicted octanol–water partition coefficient (Wildman–Crippen LogP) is 19.7. The molecule has 9 aromatic rings. The molecule has 0 spiro atoms. The second kappa shape index (κ2) is 24.8. The Kier molecular flexibility index (Phi) is 17.1. The van der Waals surface area contributed by atoms with Crippen LogP contribution in [0.2, 0.25) is 0 Å². The summed E-state index contributed by atoms with van der Waals surface area (Å²) in [5, 5.41) is 0. The van der Waals surface area contributed by atoms with Gasteiger partial charge in [0.2, 0.25) is 0 Å². The molecule has 8 bridgehead atoms. The first kappa shape index (κ1) is 54.4. The van der Waals surface area contributed by atoms with Crippen LogP contribution in [0.4, 0.5) is 34.1 Å². The largest absolute Gasteiger partial charge is 2.00 e. The van der Waals surface area contributed by atoms with Crippen LogP contribution in [0.3, 0.4) is 0 Å². The van der Waals surface area contributed by atoms with Crippen LogP contribution in [0, 0.1) is 27.7 Å². The molecule has 2 aliphatic heterocycles. The number of unbranched alkanes of at least 4 members (excludes halogenated alkanes) is 6. The van der Waals surface area contributed by atoms with Crippen molar-refractivity contribution in [3.8, 4) is 22.3 Å². The topological polar surface area (TPSA) is 60.5 Å². The number of hydrogen-bond donors (Lipinski definition) is 0. The van der Waals surface area contributed by atoms with E-state index in [0.29, 0.717) is 0 Å². The second-order valence-electron chi connectivity index (χ2n) is 21.3. The minimum absolute atomic E-state index is 0. The molecule has 0 aliphatic carbocycles. The number of rotatable bonds is 18.